The van der Waals surface area contributed by atoms with Crippen LogP contribution in [0, 0.1) is 10.1 Å². The first kappa shape index (κ1) is 14.7. The van der Waals surface area contributed by atoms with Gasteiger partial charge in [-0.15, -0.1) is 0 Å². The SMILES string of the molecule is CCNC(=O)C(C)Nc1cc(OC)cc([N+](=O)[O-])c1. The first-order chi connectivity index (χ1) is 8.97. The van der Waals surface area contributed by atoms with Crippen LogP contribution in [-0.2, 0) is 4.79 Å². The van der Waals surface area contributed by atoms with Gasteiger partial charge in [0.25, 0.3) is 5.69 Å². The molecule has 1 amide bonds. The number of benzene rings is 1. The van der Waals surface area contributed by atoms with Gasteiger partial charge in [-0.3, -0.25) is 14.9 Å². The normalized spacial score (nSPS) is 11.5. The van der Waals surface area contributed by atoms with E-state index in [1.165, 1.54) is 19.2 Å². The van der Waals surface area contributed by atoms with Crippen LogP contribution in [0.5, 0.6) is 5.75 Å². The van der Waals surface area contributed by atoms with Gasteiger partial charge < -0.3 is 15.4 Å². The van der Waals surface area contributed by atoms with Gasteiger partial charge in [-0.05, 0) is 13.8 Å². The number of anilines is 1. The van der Waals surface area contributed by atoms with Gasteiger partial charge in [0.05, 0.1) is 18.1 Å². The molecule has 19 heavy (non-hydrogen) atoms. The van der Waals surface area contributed by atoms with Gasteiger partial charge in [-0.25, -0.2) is 0 Å². The lowest BCUT2D eigenvalue weighted by Crippen LogP contribution is -2.37. The second-order valence-electron chi connectivity index (χ2n) is 3.94. The lowest BCUT2D eigenvalue weighted by molar-refractivity contribution is -0.384. The molecule has 0 spiro atoms. The van der Waals surface area contributed by atoms with Gasteiger partial charge in [0, 0.05) is 24.4 Å². The number of likely N-dealkylation sites (N-methyl/N-ethyl adjacent to an activating group) is 1. The van der Waals surface area contributed by atoms with Crippen molar-refractivity contribution in [2.45, 2.75) is 19.9 Å². The Balaban J connectivity index is 2.91. The molecular formula is C12H17N3O4. The lowest BCUT2D eigenvalue weighted by atomic mass is 10.2. The predicted molar refractivity (Wildman–Crippen MR) is 71.4 cm³/mol. The molecular weight excluding hydrogens is 250 g/mol. The zero-order valence-corrected chi connectivity index (χ0v) is 11.1. The number of nitrogens with one attached hydrogen (secondary N) is 2. The fourth-order valence-corrected chi connectivity index (χ4v) is 1.53. The zero-order chi connectivity index (χ0) is 14.4. The van der Waals surface area contributed by atoms with E-state index in [2.05, 4.69) is 10.6 Å². The van der Waals surface area contributed by atoms with Crippen molar-refractivity contribution < 1.29 is 14.5 Å². The Morgan fingerprint density at radius 1 is 1.47 bits per heavy atom. The van der Waals surface area contributed by atoms with Crippen LogP contribution >= 0.6 is 0 Å². The van der Waals surface area contributed by atoms with E-state index in [0.29, 0.717) is 18.0 Å². The summed E-state index contributed by atoms with van der Waals surface area (Å²) in [5.74, 6) is 0.188. The highest BCUT2D eigenvalue weighted by Gasteiger charge is 2.15. The lowest BCUT2D eigenvalue weighted by Gasteiger charge is -2.15. The van der Waals surface area contributed by atoms with Gasteiger partial charge in [0.1, 0.15) is 11.8 Å². The third-order valence-electron chi connectivity index (χ3n) is 2.47. The first-order valence-electron chi connectivity index (χ1n) is 5.85. The number of ether oxygens (including phenoxy) is 1. The number of amides is 1. The number of nitrogens with zero attached hydrogens (tertiary/aromatic N) is 1. The molecule has 1 rings (SSSR count). The maximum atomic E-state index is 11.6. The second kappa shape index (κ2) is 6.58. The average molecular weight is 267 g/mol. The van der Waals surface area contributed by atoms with Crippen LogP contribution in [0.3, 0.4) is 0 Å². The molecule has 0 aliphatic carbocycles. The highest BCUT2D eigenvalue weighted by Crippen LogP contribution is 2.26. The molecule has 7 heteroatoms. The van der Waals surface area contributed by atoms with Crippen molar-refractivity contribution in [2.75, 3.05) is 19.0 Å². The van der Waals surface area contributed by atoms with E-state index in [4.69, 9.17) is 4.74 Å². The number of hydrogen-bond donors (Lipinski definition) is 2. The summed E-state index contributed by atoms with van der Waals surface area (Å²) in [4.78, 5) is 21.9. The molecule has 7 nitrogen and oxygen atoms in total. The van der Waals surface area contributed by atoms with E-state index in [-0.39, 0.29) is 11.6 Å². The summed E-state index contributed by atoms with van der Waals surface area (Å²) in [5.41, 5.74) is 0.370. The number of carbonyl (C=O) groups excluding carboxylic acids is 1. The van der Waals surface area contributed by atoms with Gasteiger partial charge in [-0.1, -0.05) is 0 Å². The highest BCUT2D eigenvalue weighted by molar-refractivity contribution is 5.84. The van der Waals surface area contributed by atoms with Crippen molar-refractivity contribution >= 4 is 17.3 Å². The Kier molecular flexibility index (Phi) is 5.11. The number of nitro groups is 1. The van der Waals surface area contributed by atoms with Crippen LogP contribution in [-0.4, -0.2) is 30.5 Å². The Morgan fingerprint density at radius 2 is 2.16 bits per heavy atom. The molecule has 104 valence electrons. The van der Waals surface area contributed by atoms with Crippen molar-refractivity contribution in [3.05, 3.63) is 28.3 Å². The van der Waals surface area contributed by atoms with Crippen molar-refractivity contribution in [3.63, 3.8) is 0 Å². The summed E-state index contributed by atoms with van der Waals surface area (Å²) in [6.07, 6.45) is 0. The van der Waals surface area contributed by atoms with Crippen LogP contribution in [0.2, 0.25) is 0 Å². The Morgan fingerprint density at radius 3 is 2.68 bits per heavy atom. The van der Waals surface area contributed by atoms with E-state index in [9.17, 15) is 14.9 Å². The molecule has 0 radical (unpaired) electrons. The second-order valence-corrected chi connectivity index (χ2v) is 3.94. The van der Waals surface area contributed by atoms with Crippen LogP contribution < -0.4 is 15.4 Å². The molecule has 0 saturated heterocycles. The number of hydrogen-bond acceptors (Lipinski definition) is 5. The molecule has 0 heterocycles. The van der Waals surface area contributed by atoms with Crippen molar-refractivity contribution in [1.29, 1.82) is 0 Å². The minimum absolute atomic E-state index is 0.0926. The van der Waals surface area contributed by atoms with Crippen molar-refractivity contribution in [2.24, 2.45) is 0 Å². The smallest absolute Gasteiger partial charge is 0.275 e. The molecule has 0 aromatic heterocycles. The van der Waals surface area contributed by atoms with E-state index < -0.39 is 11.0 Å². The quantitative estimate of drug-likeness (QED) is 0.602. The Labute approximate surface area is 111 Å². The Hall–Kier alpha value is -2.31. The topological polar surface area (TPSA) is 93.5 Å². The zero-order valence-electron chi connectivity index (χ0n) is 11.1. The molecule has 2 N–H and O–H groups in total. The Bertz CT molecular complexity index is 476. The summed E-state index contributed by atoms with van der Waals surface area (Å²) >= 11 is 0. The number of carbonyl (C=O) groups is 1. The van der Waals surface area contributed by atoms with Gasteiger partial charge in [0.15, 0.2) is 0 Å². The first-order valence-corrected chi connectivity index (χ1v) is 5.85. The molecule has 1 unspecified atom stereocenters. The van der Waals surface area contributed by atoms with Gasteiger partial charge in [0.2, 0.25) is 5.91 Å². The van der Waals surface area contributed by atoms with Crippen LogP contribution in [0.15, 0.2) is 18.2 Å². The minimum atomic E-state index is -0.509. The number of non-ortho nitro benzene ring substituents is 1. The third-order valence-corrected chi connectivity index (χ3v) is 2.47. The molecule has 0 aliphatic rings. The standard InChI is InChI=1S/C12H17N3O4/c1-4-13-12(16)8(2)14-9-5-10(15(17)18)7-11(6-9)19-3/h5-8,14H,4H2,1-3H3,(H,13,16). The summed E-state index contributed by atoms with van der Waals surface area (Å²) in [5, 5.41) is 16.4. The van der Waals surface area contributed by atoms with Crippen molar-refractivity contribution in [1.82, 2.24) is 5.32 Å². The summed E-state index contributed by atoms with van der Waals surface area (Å²) in [7, 11) is 1.43. The van der Waals surface area contributed by atoms with E-state index in [0.717, 1.165) is 0 Å². The monoisotopic (exact) mass is 267 g/mol. The fraction of sp³-hybridized carbons (Fsp3) is 0.417. The van der Waals surface area contributed by atoms with E-state index >= 15 is 0 Å². The molecule has 0 fully saturated rings. The number of rotatable bonds is 6. The summed E-state index contributed by atoms with van der Waals surface area (Å²) in [6, 6.07) is 3.79. The van der Waals surface area contributed by atoms with E-state index in [1.54, 1.807) is 13.0 Å². The third kappa shape index (κ3) is 4.13. The molecule has 1 aromatic carbocycles. The molecule has 1 aromatic rings. The van der Waals surface area contributed by atoms with Crippen molar-refractivity contribution in [3.8, 4) is 5.75 Å². The largest absolute Gasteiger partial charge is 0.496 e. The van der Waals surface area contributed by atoms with Gasteiger partial charge >= 0.3 is 0 Å². The summed E-state index contributed by atoms with van der Waals surface area (Å²) < 4.78 is 4.99. The molecule has 0 saturated carbocycles. The highest BCUT2D eigenvalue weighted by atomic mass is 16.6. The van der Waals surface area contributed by atoms with Crippen LogP contribution in [0.1, 0.15) is 13.8 Å². The van der Waals surface area contributed by atoms with Gasteiger partial charge in [-0.2, -0.15) is 0 Å². The average Bonchev–Trinajstić information content (AvgIpc) is 2.38. The maximum absolute atomic E-state index is 11.6. The fourth-order valence-electron chi connectivity index (χ4n) is 1.53. The predicted octanol–water partition coefficient (Wildman–Crippen LogP) is 1.54. The molecule has 0 bridgehead atoms. The molecule has 1 atom stereocenters. The summed E-state index contributed by atoms with van der Waals surface area (Å²) in [6.45, 7) is 4.03. The molecule has 0 aliphatic heterocycles. The number of methoxy groups -OCH3 is 1. The van der Waals surface area contributed by atoms with Crippen LogP contribution in [0.25, 0.3) is 0 Å². The van der Waals surface area contributed by atoms with E-state index in [1.807, 2.05) is 6.92 Å². The van der Waals surface area contributed by atoms with Crippen LogP contribution in [0.4, 0.5) is 11.4 Å². The minimum Gasteiger partial charge on any atom is -0.496 e. The maximum Gasteiger partial charge on any atom is 0.275 e. The number of nitro benzene ring substituents is 1.